The standard InChI is InChI=1S/C14H21N3O2/c1-10(2)9-17(6-7-18-3)14-16-12-5-4-11(15)8-13(12)19-14/h4-5,8,10H,6-7,9,15H2,1-3H3. The smallest absolute Gasteiger partial charge is 0.298 e. The monoisotopic (exact) mass is 263 g/mol. The zero-order chi connectivity index (χ0) is 13.8. The third kappa shape index (κ3) is 3.38. The largest absolute Gasteiger partial charge is 0.423 e. The van der Waals surface area contributed by atoms with Gasteiger partial charge in [-0.15, -0.1) is 0 Å². The Hall–Kier alpha value is -1.75. The summed E-state index contributed by atoms with van der Waals surface area (Å²) in [5.74, 6) is 0.525. The van der Waals surface area contributed by atoms with Crippen LogP contribution in [-0.4, -0.2) is 31.8 Å². The number of nitrogens with two attached hydrogens (primary N) is 1. The van der Waals surface area contributed by atoms with Gasteiger partial charge in [0.1, 0.15) is 5.52 Å². The van der Waals surface area contributed by atoms with E-state index >= 15 is 0 Å². The molecule has 0 radical (unpaired) electrons. The molecule has 0 aliphatic rings. The van der Waals surface area contributed by atoms with Crippen molar-refractivity contribution in [3.63, 3.8) is 0 Å². The number of rotatable bonds is 6. The van der Waals surface area contributed by atoms with Crippen molar-refractivity contribution in [1.29, 1.82) is 0 Å². The second-order valence-corrected chi connectivity index (χ2v) is 5.06. The first-order valence-electron chi connectivity index (χ1n) is 6.50. The number of nitrogens with zero attached hydrogens (tertiary/aromatic N) is 2. The molecule has 1 aromatic carbocycles. The van der Waals surface area contributed by atoms with Crippen LogP contribution in [0.1, 0.15) is 13.8 Å². The number of oxazole rings is 1. The lowest BCUT2D eigenvalue weighted by Gasteiger charge is -2.21. The van der Waals surface area contributed by atoms with Crippen LogP contribution < -0.4 is 10.6 Å². The van der Waals surface area contributed by atoms with Gasteiger partial charge in [0.05, 0.1) is 6.61 Å². The van der Waals surface area contributed by atoms with E-state index in [1.54, 1.807) is 13.2 Å². The summed E-state index contributed by atoms with van der Waals surface area (Å²) in [4.78, 5) is 6.61. The predicted octanol–water partition coefficient (Wildman–Crippen LogP) is 2.52. The van der Waals surface area contributed by atoms with E-state index in [1.165, 1.54) is 0 Å². The van der Waals surface area contributed by atoms with E-state index in [1.807, 2.05) is 12.1 Å². The van der Waals surface area contributed by atoms with Gasteiger partial charge in [-0.1, -0.05) is 13.8 Å². The lowest BCUT2D eigenvalue weighted by molar-refractivity contribution is 0.203. The molecular formula is C14H21N3O2. The van der Waals surface area contributed by atoms with Crippen molar-refractivity contribution in [2.45, 2.75) is 13.8 Å². The fraction of sp³-hybridized carbons (Fsp3) is 0.500. The van der Waals surface area contributed by atoms with Crippen LogP contribution in [-0.2, 0) is 4.74 Å². The van der Waals surface area contributed by atoms with E-state index in [-0.39, 0.29) is 0 Å². The van der Waals surface area contributed by atoms with Crippen molar-refractivity contribution in [3.8, 4) is 0 Å². The molecule has 0 atom stereocenters. The molecular weight excluding hydrogens is 242 g/mol. The Bertz CT molecular complexity index is 536. The maximum atomic E-state index is 5.79. The molecule has 0 unspecified atom stereocenters. The second kappa shape index (κ2) is 5.93. The third-order valence-electron chi connectivity index (χ3n) is 2.82. The van der Waals surface area contributed by atoms with E-state index in [9.17, 15) is 0 Å². The second-order valence-electron chi connectivity index (χ2n) is 5.06. The average molecular weight is 263 g/mol. The van der Waals surface area contributed by atoms with Crippen LogP contribution in [0, 0.1) is 5.92 Å². The summed E-state index contributed by atoms with van der Waals surface area (Å²) in [6, 6.07) is 6.14. The summed E-state index contributed by atoms with van der Waals surface area (Å²) in [6.45, 7) is 6.62. The van der Waals surface area contributed by atoms with Crippen molar-refractivity contribution in [2.75, 3.05) is 37.4 Å². The van der Waals surface area contributed by atoms with Crippen molar-refractivity contribution in [1.82, 2.24) is 4.98 Å². The highest BCUT2D eigenvalue weighted by molar-refractivity contribution is 5.78. The molecule has 2 N–H and O–H groups in total. The third-order valence-corrected chi connectivity index (χ3v) is 2.82. The number of fused-ring (bicyclic) bond motifs is 1. The van der Waals surface area contributed by atoms with Gasteiger partial charge in [-0.2, -0.15) is 4.98 Å². The number of methoxy groups -OCH3 is 1. The maximum Gasteiger partial charge on any atom is 0.298 e. The van der Waals surface area contributed by atoms with Crippen molar-refractivity contribution in [3.05, 3.63) is 18.2 Å². The van der Waals surface area contributed by atoms with Gasteiger partial charge in [0.15, 0.2) is 5.58 Å². The van der Waals surface area contributed by atoms with Crippen molar-refractivity contribution in [2.24, 2.45) is 5.92 Å². The molecule has 0 aliphatic heterocycles. The van der Waals surface area contributed by atoms with Gasteiger partial charge < -0.3 is 19.8 Å². The molecule has 2 aromatic rings. The van der Waals surface area contributed by atoms with Gasteiger partial charge in [0.25, 0.3) is 6.01 Å². The van der Waals surface area contributed by atoms with E-state index in [0.717, 1.165) is 24.2 Å². The minimum atomic E-state index is 0.525. The number of anilines is 2. The number of hydrogen-bond donors (Lipinski definition) is 1. The molecule has 2 rings (SSSR count). The molecule has 0 amide bonds. The van der Waals surface area contributed by atoms with Crippen LogP contribution in [0.3, 0.4) is 0 Å². The zero-order valence-corrected chi connectivity index (χ0v) is 11.7. The normalized spacial score (nSPS) is 11.4. The van der Waals surface area contributed by atoms with E-state index in [0.29, 0.717) is 24.2 Å². The summed E-state index contributed by atoms with van der Waals surface area (Å²) in [7, 11) is 1.69. The van der Waals surface area contributed by atoms with Crippen LogP contribution >= 0.6 is 0 Å². The number of ether oxygens (including phenoxy) is 1. The lowest BCUT2D eigenvalue weighted by atomic mass is 10.2. The number of nitrogen functional groups attached to an aromatic ring is 1. The number of hydrogen-bond acceptors (Lipinski definition) is 5. The Morgan fingerprint density at radius 1 is 1.42 bits per heavy atom. The average Bonchev–Trinajstić information content (AvgIpc) is 2.76. The van der Waals surface area contributed by atoms with E-state index in [4.69, 9.17) is 14.9 Å². The molecule has 1 aromatic heterocycles. The lowest BCUT2D eigenvalue weighted by Crippen LogP contribution is -2.31. The maximum absolute atomic E-state index is 5.79. The number of aromatic nitrogens is 1. The Morgan fingerprint density at radius 3 is 2.89 bits per heavy atom. The van der Waals surface area contributed by atoms with E-state index < -0.39 is 0 Å². The predicted molar refractivity (Wildman–Crippen MR) is 77.3 cm³/mol. The molecule has 0 bridgehead atoms. The van der Waals surface area contributed by atoms with Gasteiger partial charge in [-0.3, -0.25) is 0 Å². The summed E-state index contributed by atoms with van der Waals surface area (Å²) < 4.78 is 10.9. The van der Waals surface area contributed by atoms with Crippen LogP contribution in [0.25, 0.3) is 11.1 Å². The Labute approximate surface area is 113 Å². The van der Waals surface area contributed by atoms with Gasteiger partial charge in [-0.05, 0) is 18.1 Å². The SMILES string of the molecule is COCCN(CC(C)C)c1nc2ccc(N)cc2o1. The van der Waals surface area contributed by atoms with Gasteiger partial charge >= 0.3 is 0 Å². The topological polar surface area (TPSA) is 64.5 Å². The zero-order valence-electron chi connectivity index (χ0n) is 11.7. The highest BCUT2D eigenvalue weighted by Crippen LogP contribution is 2.24. The minimum Gasteiger partial charge on any atom is -0.423 e. The summed E-state index contributed by atoms with van der Waals surface area (Å²) in [5.41, 5.74) is 7.98. The summed E-state index contributed by atoms with van der Waals surface area (Å²) in [5, 5.41) is 0. The van der Waals surface area contributed by atoms with Gasteiger partial charge in [-0.25, -0.2) is 0 Å². The van der Waals surface area contributed by atoms with E-state index in [2.05, 4.69) is 23.7 Å². The first-order chi connectivity index (χ1) is 9.10. The van der Waals surface area contributed by atoms with Crippen LogP contribution in [0.5, 0.6) is 0 Å². The summed E-state index contributed by atoms with van der Waals surface area (Å²) >= 11 is 0. The molecule has 1 heterocycles. The molecule has 104 valence electrons. The van der Waals surface area contributed by atoms with Crippen LogP contribution in [0.4, 0.5) is 11.7 Å². The molecule has 5 nitrogen and oxygen atoms in total. The quantitative estimate of drug-likeness (QED) is 0.811. The highest BCUT2D eigenvalue weighted by Gasteiger charge is 2.15. The Balaban J connectivity index is 2.26. The fourth-order valence-corrected chi connectivity index (χ4v) is 1.97. The molecule has 19 heavy (non-hydrogen) atoms. The van der Waals surface area contributed by atoms with Crippen molar-refractivity contribution >= 4 is 22.8 Å². The Kier molecular flexibility index (Phi) is 4.27. The number of benzene rings is 1. The van der Waals surface area contributed by atoms with Crippen LogP contribution in [0.2, 0.25) is 0 Å². The Morgan fingerprint density at radius 2 is 2.21 bits per heavy atom. The highest BCUT2D eigenvalue weighted by atomic mass is 16.5. The van der Waals surface area contributed by atoms with Gasteiger partial charge in [0, 0.05) is 32.0 Å². The molecule has 0 saturated carbocycles. The molecule has 5 heteroatoms. The molecule has 0 spiro atoms. The molecule has 0 aliphatic carbocycles. The summed E-state index contributed by atoms with van der Waals surface area (Å²) in [6.07, 6.45) is 0. The first kappa shape index (κ1) is 13.7. The fourth-order valence-electron chi connectivity index (χ4n) is 1.97. The van der Waals surface area contributed by atoms with Crippen LogP contribution in [0.15, 0.2) is 22.6 Å². The van der Waals surface area contributed by atoms with Gasteiger partial charge in [0.2, 0.25) is 0 Å². The molecule has 0 fully saturated rings. The minimum absolute atomic E-state index is 0.525. The van der Waals surface area contributed by atoms with Crippen molar-refractivity contribution < 1.29 is 9.15 Å². The first-order valence-corrected chi connectivity index (χ1v) is 6.50. The molecule has 0 saturated heterocycles.